The van der Waals surface area contributed by atoms with Crippen LogP contribution in [0.1, 0.15) is 61.8 Å². The molecule has 11 nitrogen and oxygen atoms in total. The average molecular weight is 644 g/mol. The fourth-order valence-corrected chi connectivity index (χ4v) is 6.90. The van der Waals surface area contributed by atoms with E-state index in [1.165, 1.54) is 26.0 Å². The van der Waals surface area contributed by atoms with Gasteiger partial charge in [0.2, 0.25) is 5.78 Å². The van der Waals surface area contributed by atoms with Crippen molar-refractivity contribution in [3.8, 4) is 0 Å². The number of amides is 1. The molecule has 4 bridgehead atoms. The van der Waals surface area contributed by atoms with Crippen molar-refractivity contribution in [1.29, 1.82) is 0 Å². The highest BCUT2D eigenvalue weighted by Crippen LogP contribution is 2.39. The summed E-state index contributed by atoms with van der Waals surface area (Å²) in [5.41, 5.74) is -1.03. The number of aliphatic hydroxyl groups is 5. The van der Waals surface area contributed by atoms with Gasteiger partial charge in [0.15, 0.2) is 17.3 Å². The van der Waals surface area contributed by atoms with Gasteiger partial charge in [0.25, 0.3) is 5.91 Å². The average Bonchev–Trinajstić information content (AvgIpc) is 3.02. The maximum atomic E-state index is 13.8. The van der Waals surface area contributed by atoms with Crippen LogP contribution in [0, 0.1) is 47.3 Å². The van der Waals surface area contributed by atoms with E-state index in [0.29, 0.717) is 0 Å². The van der Waals surface area contributed by atoms with Crippen molar-refractivity contribution in [2.45, 2.75) is 92.3 Å². The van der Waals surface area contributed by atoms with Gasteiger partial charge in [-0.25, -0.2) is 0 Å². The summed E-state index contributed by atoms with van der Waals surface area (Å²) in [4.78, 5) is 67.1. The van der Waals surface area contributed by atoms with Crippen molar-refractivity contribution in [3.05, 3.63) is 46.7 Å². The maximum absolute atomic E-state index is 13.8. The van der Waals surface area contributed by atoms with E-state index in [-0.39, 0.29) is 12.0 Å². The molecular weight excluding hydrogens is 594 g/mol. The summed E-state index contributed by atoms with van der Waals surface area (Å²) >= 11 is 0. The minimum atomic E-state index is -1.66. The molecule has 0 aromatic carbocycles. The van der Waals surface area contributed by atoms with Crippen LogP contribution in [0.15, 0.2) is 46.7 Å². The van der Waals surface area contributed by atoms with Crippen molar-refractivity contribution < 1.29 is 49.5 Å². The zero-order valence-electron chi connectivity index (χ0n) is 27.8. The fourth-order valence-electron chi connectivity index (χ4n) is 6.90. The molecule has 46 heavy (non-hydrogen) atoms. The third-order valence-electron chi connectivity index (χ3n) is 10.3. The number of ketones is 4. The largest absolute Gasteiger partial charge is 0.392 e. The first-order chi connectivity index (χ1) is 21.3. The van der Waals surface area contributed by atoms with Crippen LogP contribution in [0.25, 0.3) is 0 Å². The number of carbonyl (C=O) groups is 5. The molecule has 11 heteroatoms. The van der Waals surface area contributed by atoms with Crippen LogP contribution in [0.3, 0.4) is 0 Å². The minimum absolute atomic E-state index is 0.0706. The van der Waals surface area contributed by atoms with Gasteiger partial charge >= 0.3 is 0 Å². The molecule has 0 fully saturated rings. The van der Waals surface area contributed by atoms with Gasteiger partial charge in [0, 0.05) is 58.3 Å². The van der Waals surface area contributed by atoms with E-state index >= 15 is 0 Å². The second kappa shape index (κ2) is 14.8. The number of fused-ring (bicyclic) bond motifs is 16. The van der Waals surface area contributed by atoms with Crippen LogP contribution in [0.5, 0.6) is 0 Å². The van der Waals surface area contributed by atoms with Crippen LogP contribution in [0.2, 0.25) is 0 Å². The van der Waals surface area contributed by atoms with E-state index in [4.69, 9.17) is 0 Å². The van der Waals surface area contributed by atoms with Crippen molar-refractivity contribution in [2.24, 2.45) is 47.3 Å². The number of aliphatic hydroxyl groups excluding tert-OH is 5. The van der Waals surface area contributed by atoms with Gasteiger partial charge in [-0.15, -0.1) is 0 Å². The van der Waals surface area contributed by atoms with Gasteiger partial charge in [-0.05, 0) is 19.3 Å². The third kappa shape index (κ3) is 7.23. The molecule has 0 saturated carbocycles. The molecule has 2 heterocycles. The van der Waals surface area contributed by atoms with Crippen molar-refractivity contribution in [1.82, 2.24) is 5.32 Å². The molecule has 13 atom stereocenters. The Labute approximate surface area is 270 Å². The number of rotatable bonds is 0. The second-order valence-corrected chi connectivity index (χ2v) is 13.8. The molecule has 0 spiro atoms. The molecule has 6 unspecified atom stereocenters. The van der Waals surface area contributed by atoms with Crippen LogP contribution < -0.4 is 5.32 Å². The number of allylic oxidation sites excluding steroid dienone is 5. The standard InChI is InChI=1S/C35H49NO10/c1-14-10-9-11-15(2)35(46)36-22-13-23(37)24-25(32(43)21(8)33(44)26(24)34(22)45)29(40)17(4)12-16(3)28(39)19(6)31(42)20(7)30(41)18(5)27(14)38/h9-11,13-14,16-21,25,27-28,30-31,33,38-39,41-42,44H,12H2,1-8H3,(H,36,46)/b10-9+,15-11?/t14-,16?,17?,18+,19+,20?,21?,25?,27-,28-,30+,31+,33?/m0/s1. The van der Waals surface area contributed by atoms with Crippen LogP contribution in [0.4, 0.5) is 0 Å². The van der Waals surface area contributed by atoms with E-state index in [1.807, 2.05) is 0 Å². The van der Waals surface area contributed by atoms with E-state index < -0.39 is 124 Å². The molecule has 2 aliphatic heterocycles. The normalized spacial score (nSPS) is 41.6. The summed E-state index contributed by atoms with van der Waals surface area (Å²) in [5, 5.41) is 57.7. The first kappa shape index (κ1) is 37.4. The zero-order valence-corrected chi connectivity index (χ0v) is 27.8. The van der Waals surface area contributed by atoms with E-state index in [0.717, 1.165) is 6.08 Å². The SMILES string of the molecule is CC1=C/C=C/[C@H](C)[C@H](O)[C@@H](C)[C@@H](O)C(C)[C@H](O)[C@H](C)[C@@H](O)C(C)CC(C)C(=O)C2C(=O)C(C)C(O)C3=C2C(=O)C=C(NC1=O)C3=O. The lowest BCUT2D eigenvalue weighted by Crippen LogP contribution is -2.49. The fraction of sp³-hybridized carbons (Fsp3) is 0.629. The molecule has 0 saturated heterocycles. The molecule has 0 aromatic heterocycles. The first-order valence-electron chi connectivity index (χ1n) is 16.0. The van der Waals surface area contributed by atoms with Gasteiger partial charge in [-0.2, -0.15) is 0 Å². The highest BCUT2D eigenvalue weighted by atomic mass is 16.3. The molecular formula is C35H49NO10. The van der Waals surface area contributed by atoms with E-state index in [9.17, 15) is 49.5 Å². The second-order valence-electron chi connectivity index (χ2n) is 13.8. The Morgan fingerprint density at radius 1 is 0.717 bits per heavy atom. The highest BCUT2D eigenvalue weighted by Gasteiger charge is 2.51. The molecule has 2 aliphatic carbocycles. The summed E-state index contributed by atoms with van der Waals surface area (Å²) in [7, 11) is 0. The Balaban J connectivity index is 2.09. The quantitative estimate of drug-likeness (QED) is 0.166. The molecule has 0 aromatic rings. The molecule has 0 radical (unpaired) electrons. The summed E-state index contributed by atoms with van der Waals surface area (Å²) in [6, 6.07) is 0. The molecule has 6 N–H and O–H groups in total. The van der Waals surface area contributed by atoms with Crippen LogP contribution in [-0.2, 0) is 24.0 Å². The van der Waals surface area contributed by atoms with Crippen LogP contribution >= 0.6 is 0 Å². The summed E-state index contributed by atoms with van der Waals surface area (Å²) in [6.45, 7) is 12.7. The Bertz CT molecular complexity index is 1370. The Morgan fingerprint density at radius 2 is 1.26 bits per heavy atom. The zero-order chi connectivity index (χ0) is 34.9. The number of hydrogen-bond acceptors (Lipinski definition) is 10. The highest BCUT2D eigenvalue weighted by molar-refractivity contribution is 6.29. The van der Waals surface area contributed by atoms with Crippen LogP contribution in [-0.4, -0.2) is 85.1 Å². The monoisotopic (exact) mass is 643 g/mol. The lowest BCUT2D eigenvalue weighted by Gasteiger charge is -2.38. The van der Waals surface area contributed by atoms with Gasteiger partial charge < -0.3 is 30.8 Å². The predicted molar refractivity (Wildman–Crippen MR) is 168 cm³/mol. The lowest BCUT2D eigenvalue weighted by molar-refractivity contribution is -0.140. The summed E-state index contributed by atoms with van der Waals surface area (Å²) in [6.07, 6.45) is -0.569. The summed E-state index contributed by atoms with van der Waals surface area (Å²) in [5.74, 6) is -10.6. The van der Waals surface area contributed by atoms with E-state index in [1.54, 1.807) is 47.6 Å². The Morgan fingerprint density at radius 3 is 1.85 bits per heavy atom. The molecule has 1 amide bonds. The van der Waals surface area contributed by atoms with Crippen molar-refractivity contribution in [3.63, 3.8) is 0 Å². The van der Waals surface area contributed by atoms with Gasteiger partial charge in [0.05, 0.1) is 36.2 Å². The number of hydrogen-bond donors (Lipinski definition) is 6. The third-order valence-corrected chi connectivity index (χ3v) is 10.3. The number of nitrogens with one attached hydrogen (secondary N) is 1. The topological polar surface area (TPSA) is 199 Å². The molecule has 4 rings (SSSR count). The molecule has 4 aliphatic rings. The smallest absolute Gasteiger partial charge is 0.251 e. The van der Waals surface area contributed by atoms with E-state index in [2.05, 4.69) is 5.32 Å². The Hall–Kier alpha value is -3.09. The van der Waals surface area contributed by atoms with Gasteiger partial charge in [-0.3, -0.25) is 24.0 Å². The minimum Gasteiger partial charge on any atom is -0.392 e. The maximum Gasteiger partial charge on any atom is 0.251 e. The number of carbonyl (C=O) groups excluding carboxylic acids is 5. The Kier molecular flexibility index (Phi) is 12.0. The first-order valence-corrected chi connectivity index (χ1v) is 16.0. The number of Topliss-reactive ketones (excluding diaryl/α,β-unsaturated/α-hetero) is 3. The van der Waals surface area contributed by atoms with Gasteiger partial charge in [-0.1, -0.05) is 66.7 Å². The molecule has 254 valence electrons. The predicted octanol–water partition coefficient (Wildman–Crippen LogP) is 1.37. The van der Waals surface area contributed by atoms with Crippen molar-refractivity contribution >= 4 is 29.0 Å². The lowest BCUT2D eigenvalue weighted by atomic mass is 9.66. The van der Waals surface area contributed by atoms with Gasteiger partial charge in [0.1, 0.15) is 5.92 Å². The van der Waals surface area contributed by atoms with Crippen molar-refractivity contribution in [2.75, 3.05) is 0 Å². The summed E-state index contributed by atoms with van der Waals surface area (Å²) < 4.78 is 0.